The van der Waals surface area contributed by atoms with E-state index in [2.05, 4.69) is 10.6 Å². The summed E-state index contributed by atoms with van der Waals surface area (Å²) >= 11 is 0. The maximum atomic E-state index is 13.1. The van der Waals surface area contributed by atoms with Crippen LogP contribution in [0.2, 0.25) is 0 Å². The minimum Gasteiger partial charge on any atom is -0.347 e. The molecule has 0 spiro atoms. The summed E-state index contributed by atoms with van der Waals surface area (Å²) < 4.78 is 26.3. The van der Waals surface area contributed by atoms with Gasteiger partial charge < -0.3 is 10.6 Å². The minimum absolute atomic E-state index is 0.277. The van der Waals surface area contributed by atoms with Gasteiger partial charge in [-0.15, -0.1) is 0 Å². The minimum atomic E-state index is -3.48. The van der Waals surface area contributed by atoms with Crippen LogP contribution in [0.15, 0.2) is 30.3 Å². The van der Waals surface area contributed by atoms with Crippen molar-refractivity contribution in [2.45, 2.75) is 38.8 Å². The standard InChI is InChI=1S/C15H18F2N2O2/c1-14(2)11(19-13(21)15(3,16)17)10(18-12(14)20)9-7-5-4-6-8-9/h4-8,10-11H,1-3H3,(H,18,20)(H,19,21)/t10?,11-/m1/s1. The largest absolute Gasteiger partial charge is 0.347 e. The summed E-state index contributed by atoms with van der Waals surface area (Å²) in [4.78, 5) is 23.7. The molecule has 21 heavy (non-hydrogen) atoms. The van der Waals surface area contributed by atoms with Crippen LogP contribution in [0, 0.1) is 5.41 Å². The second kappa shape index (κ2) is 5.09. The van der Waals surface area contributed by atoms with Crippen LogP contribution in [0.1, 0.15) is 32.4 Å². The second-order valence-electron chi connectivity index (χ2n) is 5.92. The van der Waals surface area contributed by atoms with E-state index in [1.54, 1.807) is 38.1 Å². The number of benzene rings is 1. The zero-order chi connectivity index (χ0) is 15.8. The molecule has 1 heterocycles. The molecule has 1 unspecified atom stereocenters. The number of hydrogen-bond donors (Lipinski definition) is 2. The van der Waals surface area contributed by atoms with E-state index in [0.29, 0.717) is 6.92 Å². The Morgan fingerprint density at radius 3 is 2.38 bits per heavy atom. The predicted molar refractivity (Wildman–Crippen MR) is 73.7 cm³/mol. The van der Waals surface area contributed by atoms with Gasteiger partial charge in [-0.05, 0) is 19.4 Å². The lowest BCUT2D eigenvalue weighted by Crippen LogP contribution is -2.51. The van der Waals surface area contributed by atoms with Gasteiger partial charge in [-0.1, -0.05) is 30.3 Å². The smallest absolute Gasteiger partial charge is 0.321 e. The highest BCUT2D eigenvalue weighted by atomic mass is 19.3. The van der Waals surface area contributed by atoms with Gasteiger partial charge in [-0.2, -0.15) is 8.78 Å². The third-order valence-corrected chi connectivity index (χ3v) is 3.83. The molecule has 1 aromatic carbocycles. The van der Waals surface area contributed by atoms with Crippen LogP contribution in [0.3, 0.4) is 0 Å². The third kappa shape index (κ3) is 2.89. The molecule has 1 aromatic rings. The van der Waals surface area contributed by atoms with Crippen molar-refractivity contribution in [1.82, 2.24) is 10.6 Å². The number of alkyl halides is 2. The Balaban J connectivity index is 2.32. The van der Waals surface area contributed by atoms with Gasteiger partial charge in [-0.25, -0.2) is 0 Å². The topological polar surface area (TPSA) is 58.2 Å². The quantitative estimate of drug-likeness (QED) is 0.896. The monoisotopic (exact) mass is 296 g/mol. The van der Waals surface area contributed by atoms with Crippen molar-refractivity contribution < 1.29 is 18.4 Å². The number of carbonyl (C=O) groups excluding carboxylic acids is 2. The van der Waals surface area contributed by atoms with Crippen LogP contribution < -0.4 is 10.6 Å². The Kier molecular flexibility index (Phi) is 3.74. The van der Waals surface area contributed by atoms with Gasteiger partial charge in [0, 0.05) is 6.92 Å². The van der Waals surface area contributed by atoms with Gasteiger partial charge in [0.05, 0.1) is 17.5 Å². The van der Waals surface area contributed by atoms with Gasteiger partial charge >= 0.3 is 5.92 Å². The van der Waals surface area contributed by atoms with Crippen molar-refractivity contribution in [3.8, 4) is 0 Å². The van der Waals surface area contributed by atoms with Crippen molar-refractivity contribution in [1.29, 1.82) is 0 Å². The highest BCUT2D eigenvalue weighted by Gasteiger charge is 2.51. The average molecular weight is 296 g/mol. The maximum Gasteiger partial charge on any atom is 0.321 e. The molecule has 0 aromatic heterocycles. The van der Waals surface area contributed by atoms with Crippen LogP contribution in [-0.2, 0) is 9.59 Å². The first-order valence-electron chi connectivity index (χ1n) is 6.68. The molecule has 4 nitrogen and oxygen atoms in total. The lowest BCUT2D eigenvalue weighted by Gasteiger charge is -2.29. The summed E-state index contributed by atoms with van der Waals surface area (Å²) in [6.45, 7) is 3.80. The molecule has 1 saturated heterocycles. The highest BCUT2D eigenvalue weighted by Crippen LogP contribution is 2.37. The Labute approximate surface area is 121 Å². The predicted octanol–water partition coefficient (Wildman–Crippen LogP) is 2.02. The molecule has 1 fully saturated rings. The van der Waals surface area contributed by atoms with E-state index >= 15 is 0 Å². The molecule has 1 aliphatic heterocycles. The Morgan fingerprint density at radius 2 is 1.86 bits per heavy atom. The summed E-state index contributed by atoms with van der Waals surface area (Å²) in [7, 11) is 0. The molecule has 0 radical (unpaired) electrons. The first kappa shape index (κ1) is 15.4. The van der Waals surface area contributed by atoms with Crippen molar-refractivity contribution in [2.75, 3.05) is 0 Å². The van der Waals surface area contributed by atoms with E-state index in [4.69, 9.17) is 0 Å². The fourth-order valence-corrected chi connectivity index (χ4v) is 2.44. The van der Waals surface area contributed by atoms with E-state index in [-0.39, 0.29) is 5.91 Å². The molecule has 0 saturated carbocycles. The maximum absolute atomic E-state index is 13.1. The molecule has 2 rings (SSSR count). The average Bonchev–Trinajstić information content (AvgIpc) is 2.62. The molecular weight excluding hydrogens is 278 g/mol. The highest BCUT2D eigenvalue weighted by molar-refractivity contribution is 5.89. The van der Waals surface area contributed by atoms with Crippen molar-refractivity contribution >= 4 is 11.8 Å². The number of halogens is 2. The first-order valence-corrected chi connectivity index (χ1v) is 6.68. The summed E-state index contributed by atoms with van der Waals surface area (Å²) in [6.07, 6.45) is 0. The van der Waals surface area contributed by atoms with Gasteiger partial charge in [-0.3, -0.25) is 9.59 Å². The van der Waals surface area contributed by atoms with Crippen LogP contribution >= 0.6 is 0 Å². The second-order valence-corrected chi connectivity index (χ2v) is 5.92. The Bertz CT molecular complexity index is 553. The van der Waals surface area contributed by atoms with E-state index < -0.39 is 29.3 Å². The molecule has 2 N–H and O–H groups in total. The molecule has 1 aliphatic rings. The summed E-state index contributed by atoms with van der Waals surface area (Å²) in [5.41, 5.74) is -0.206. The Morgan fingerprint density at radius 1 is 1.29 bits per heavy atom. The van der Waals surface area contributed by atoms with Crippen LogP contribution in [0.4, 0.5) is 8.78 Å². The number of rotatable bonds is 3. The molecule has 0 bridgehead atoms. The fourth-order valence-electron chi connectivity index (χ4n) is 2.44. The Hall–Kier alpha value is -1.98. The normalized spacial score (nSPS) is 24.5. The van der Waals surface area contributed by atoms with Gasteiger partial charge in [0.15, 0.2) is 0 Å². The van der Waals surface area contributed by atoms with Crippen LogP contribution in [-0.4, -0.2) is 23.8 Å². The first-order chi connectivity index (χ1) is 9.64. The summed E-state index contributed by atoms with van der Waals surface area (Å²) in [5.74, 6) is -5.14. The molecule has 2 amide bonds. The summed E-state index contributed by atoms with van der Waals surface area (Å²) in [6, 6.07) is 7.70. The van der Waals surface area contributed by atoms with Crippen molar-refractivity contribution in [3.63, 3.8) is 0 Å². The molecule has 6 heteroatoms. The molecule has 2 atom stereocenters. The summed E-state index contributed by atoms with van der Waals surface area (Å²) in [5, 5.41) is 5.08. The zero-order valence-electron chi connectivity index (χ0n) is 12.1. The van der Waals surface area contributed by atoms with Crippen LogP contribution in [0.5, 0.6) is 0 Å². The van der Waals surface area contributed by atoms with E-state index in [1.807, 2.05) is 6.07 Å². The van der Waals surface area contributed by atoms with E-state index in [1.165, 1.54) is 0 Å². The SMILES string of the molecule is CC(F)(F)C(=O)N[C@@H]1C(c2ccccc2)NC(=O)C1(C)C. The lowest BCUT2D eigenvalue weighted by molar-refractivity contribution is -0.144. The number of carbonyl (C=O) groups is 2. The van der Waals surface area contributed by atoms with E-state index in [9.17, 15) is 18.4 Å². The molecular formula is C15H18F2N2O2. The lowest BCUT2D eigenvalue weighted by atomic mass is 9.82. The third-order valence-electron chi connectivity index (χ3n) is 3.83. The number of hydrogen-bond acceptors (Lipinski definition) is 2. The zero-order valence-corrected chi connectivity index (χ0v) is 12.1. The molecule has 0 aliphatic carbocycles. The van der Waals surface area contributed by atoms with Crippen LogP contribution in [0.25, 0.3) is 0 Å². The van der Waals surface area contributed by atoms with E-state index in [0.717, 1.165) is 5.56 Å². The number of amides is 2. The fraction of sp³-hybridized carbons (Fsp3) is 0.467. The van der Waals surface area contributed by atoms with Gasteiger partial charge in [0.2, 0.25) is 5.91 Å². The van der Waals surface area contributed by atoms with Crippen molar-refractivity contribution in [3.05, 3.63) is 35.9 Å². The van der Waals surface area contributed by atoms with Gasteiger partial charge in [0.1, 0.15) is 0 Å². The van der Waals surface area contributed by atoms with Gasteiger partial charge in [0.25, 0.3) is 5.91 Å². The molecule has 114 valence electrons. The number of nitrogens with one attached hydrogen (secondary N) is 2. The van der Waals surface area contributed by atoms with Crippen molar-refractivity contribution in [2.24, 2.45) is 5.41 Å².